The van der Waals surface area contributed by atoms with Crippen molar-refractivity contribution in [1.82, 2.24) is 9.80 Å². The third-order valence-electron chi connectivity index (χ3n) is 5.11. The second kappa shape index (κ2) is 10.9. The van der Waals surface area contributed by atoms with Crippen LogP contribution in [0.3, 0.4) is 0 Å². The quantitative estimate of drug-likeness (QED) is 0.665. The number of nitrogens with zero attached hydrogens (tertiary/aromatic N) is 2. The first-order chi connectivity index (χ1) is 13.4. The number of anilines is 1. The summed E-state index contributed by atoms with van der Waals surface area (Å²) in [4.78, 5) is 27.4. The molecule has 6 nitrogen and oxygen atoms in total. The molecule has 2 amide bonds. The molecule has 8 heteroatoms. The van der Waals surface area contributed by atoms with Crippen molar-refractivity contribution in [2.45, 2.75) is 39.0 Å². The van der Waals surface area contributed by atoms with Crippen LogP contribution in [0.25, 0.3) is 0 Å². The predicted molar refractivity (Wildman–Crippen MR) is 103 cm³/mol. The van der Waals surface area contributed by atoms with E-state index < -0.39 is 17.6 Å². The van der Waals surface area contributed by atoms with Crippen LogP contribution >= 0.6 is 0 Å². The van der Waals surface area contributed by atoms with Crippen molar-refractivity contribution in [3.63, 3.8) is 0 Å². The highest BCUT2D eigenvalue weighted by Gasteiger charge is 2.22. The lowest BCUT2D eigenvalue weighted by molar-refractivity contribution is -0.142. The van der Waals surface area contributed by atoms with Gasteiger partial charge >= 0.3 is 12.0 Å². The van der Waals surface area contributed by atoms with Gasteiger partial charge in [0.1, 0.15) is 0 Å². The number of hydrogen-bond acceptors (Lipinski definition) is 3. The summed E-state index contributed by atoms with van der Waals surface area (Å²) >= 11 is 0. The zero-order chi connectivity index (χ0) is 20.5. The standard InChI is InChI=1S/C20H29F2N3O3/c1-2-3-5-15(19(26)27)6-4-9-24-10-12-25(13-11-24)20(28)23-16-7-8-17(21)18(22)14-16/h7-8,14-15H,2-6,9-13H2,1H3,(H,23,28)(H,26,27). The van der Waals surface area contributed by atoms with E-state index >= 15 is 0 Å². The molecule has 0 saturated carbocycles. The van der Waals surface area contributed by atoms with Crippen LogP contribution in [-0.2, 0) is 4.79 Å². The van der Waals surface area contributed by atoms with E-state index in [9.17, 15) is 23.5 Å². The van der Waals surface area contributed by atoms with Crippen LogP contribution < -0.4 is 5.32 Å². The van der Waals surface area contributed by atoms with Gasteiger partial charge in [-0.2, -0.15) is 0 Å². The summed E-state index contributed by atoms with van der Waals surface area (Å²) in [6, 6.07) is 2.93. The first-order valence-electron chi connectivity index (χ1n) is 9.86. The first-order valence-corrected chi connectivity index (χ1v) is 9.86. The molecule has 0 radical (unpaired) electrons. The topological polar surface area (TPSA) is 72.9 Å². The molecule has 0 spiro atoms. The number of carbonyl (C=O) groups is 2. The molecule has 1 heterocycles. The number of urea groups is 1. The lowest BCUT2D eigenvalue weighted by Crippen LogP contribution is -2.50. The number of carboxylic acids is 1. The normalized spacial score (nSPS) is 16.0. The number of carbonyl (C=O) groups excluding carboxylic acids is 1. The fourth-order valence-corrected chi connectivity index (χ4v) is 3.35. The monoisotopic (exact) mass is 397 g/mol. The number of halogens is 2. The average Bonchev–Trinajstić information content (AvgIpc) is 2.67. The van der Waals surface area contributed by atoms with Gasteiger partial charge in [-0.25, -0.2) is 13.6 Å². The van der Waals surface area contributed by atoms with Crippen LogP contribution in [0.5, 0.6) is 0 Å². The van der Waals surface area contributed by atoms with E-state index in [0.717, 1.165) is 44.4 Å². The summed E-state index contributed by atoms with van der Waals surface area (Å²) in [6.45, 7) is 5.35. The van der Waals surface area contributed by atoms with Gasteiger partial charge in [-0.3, -0.25) is 9.69 Å². The highest BCUT2D eigenvalue weighted by atomic mass is 19.2. The Morgan fingerprint density at radius 3 is 2.39 bits per heavy atom. The number of amides is 2. The van der Waals surface area contributed by atoms with Crippen molar-refractivity contribution >= 4 is 17.7 Å². The largest absolute Gasteiger partial charge is 0.481 e. The van der Waals surface area contributed by atoms with Crippen LogP contribution in [0.4, 0.5) is 19.3 Å². The second-order valence-electron chi connectivity index (χ2n) is 7.21. The molecular weight excluding hydrogens is 368 g/mol. The smallest absolute Gasteiger partial charge is 0.321 e. The molecule has 1 saturated heterocycles. The van der Waals surface area contributed by atoms with Crippen LogP contribution in [-0.4, -0.2) is 59.6 Å². The van der Waals surface area contributed by atoms with Gasteiger partial charge in [0.15, 0.2) is 11.6 Å². The molecule has 1 aliphatic heterocycles. The van der Waals surface area contributed by atoms with Crippen molar-refractivity contribution in [2.24, 2.45) is 5.92 Å². The molecule has 1 aromatic carbocycles. The Morgan fingerprint density at radius 2 is 1.79 bits per heavy atom. The molecule has 28 heavy (non-hydrogen) atoms. The van der Waals surface area contributed by atoms with Crippen molar-refractivity contribution in [3.05, 3.63) is 29.8 Å². The number of carboxylic acid groups (broad SMARTS) is 1. The maximum Gasteiger partial charge on any atom is 0.321 e. The number of hydrogen-bond donors (Lipinski definition) is 2. The second-order valence-corrected chi connectivity index (χ2v) is 7.21. The van der Waals surface area contributed by atoms with E-state index in [1.807, 2.05) is 0 Å². The van der Waals surface area contributed by atoms with E-state index in [-0.39, 0.29) is 17.6 Å². The molecule has 2 N–H and O–H groups in total. The zero-order valence-corrected chi connectivity index (χ0v) is 16.3. The minimum Gasteiger partial charge on any atom is -0.481 e. The Balaban J connectivity index is 1.70. The van der Waals surface area contributed by atoms with Gasteiger partial charge in [-0.15, -0.1) is 0 Å². The summed E-state index contributed by atoms with van der Waals surface area (Å²) in [5.41, 5.74) is 0.220. The summed E-state index contributed by atoms with van der Waals surface area (Å²) in [5, 5.41) is 11.9. The number of nitrogens with one attached hydrogen (secondary N) is 1. The predicted octanol–water partition coefficient (Wildman–Crippen LogP) is 3.79. The van der Waals surface area contributed by atoms with Gasteiger partial charge in [0.25, 0.3) is 0 Å². The van der Waals surface area contributed by atoms with Gasteiger partial charge in [-0.05, 0) is 37.9 Å². The number of aliphatic carboxylic acids is 1. The number of unbranched alkanes of at least 4 members (excludes halogenated alkanes) is 1. The zero-order valence-electron chi connectivity index (χ0n) is 16.3. The minimum atomic E-state index is -0.999. The van der Waals surface area contributed by atoms with Crippen molar-refractivity contribution in [1.29, 1.82) is 0 Å². The molecule has 1 unspecified atom stereocenters. The van der Waals surface area contributed by atoms with Crippen molar-refractivity contribution < 1.29 is 23.5 Å². The van der Waals surface area contributed by atoms with Crippen molar-refractivity contribution in [2.75, 3.05) is 38.0 Å². The van der Waals surface area contributed by atoms with Gasteiger partial charge in [0, 0.05) is 37.9 Å². The SMILES string of the molecule is CCCCC(CCCN1CCN(C(=O)Nc2ccc(F)c(F)c2)CC1)C(=O)O. The number of benzene rings is 1. The van der Waals surface area contributed by atoms with E-state index in [1.165, 1.54) is 6.07 Å². The Bertz CT molecular complexity index is 664. The average molecular weight is 397 g/mol. The highest BCUT2D eigenvalue weighted by Crippen LogP contribution is 2.17. The van der Waals surface area contributed by atoms with E-state index in [1.54, 1.807) is 4.90 Å². The molecule has 1 aromatic rings. The lowest BCUT2D eigenvalue weighted by atomic mass is 9.97. The van der Waals surface area contributed by atoms with Crippen LogP contribution in [0, 0.1) is 17.6 Å². The van der Waals surface area contributed by atoms with E-state index in [2.05, 4.69) is 17.1 Å². The van der Waals surface area contributed by atoms with E-state index in [0.29, 0.717) is 32.6 Å². The van der Waals surface area contributed by atoms with Crippen molar-refractivity contribution in [3.8, 4) is 0 Å². The maximum absolute atomic E-state index is 13.2. The van der Waals surface area contributed by atoms with Crippen LogP contribution in [0.15, 0.2) is 18.2 Å². The third kappa shape index (κ3) is 6.74. The Labute approximate surface area is 164 Å². The first kappa shape index (κ1) is 22.1. The number of piperazine rings is 1. The summed E-state index contributed by atoms with van der Waals surface area (Å²) < 4.78 is 26.2. The third-order valence-corrected chi connectivity index (χ3v) is 5.11. The van der Waals surface area contributed by atoms with Gasteiger partial charge in [0.2, 0.25) is 0 Å². The molecule has 0 aromatic heterocycles. The Kier molecular flexibility index (Phi) is 8.63. The van der Waals surface area contributed by atoms with Gasteiger partial charge in [-0.1, -0.05) is 19.8 Å². The summed E-state index contributed by atoms with van der Waals surface area (Å²) in [5.74, 6) is -2.94. The molecule has 156 valence electrons. The summed E-state index contributed by atoms with van der Waals surface area (Å²) in [6.07, 6.45) is 4.15. The molecule has 0 bridgehead atoms. The number of rotatable bonds is 9. The fraction of sp³-hybridized carbons (Fsp3) is 0.600. The van der Waals surface area contributed by atoms with Gasteiger partial charge in [0.05, 0.1) is 5.92 Å². The molecule has 1 atom stereocenters. The lowest BCUT2D eigenvalue weighted by Gasteiger charge is -2.34. The Morgan fingerprint density at radius 1 is 1.11 bits per heavy atom. The van der Waals surface area contributed by atoms with E-state index in [4.69, 9.17) is 0 Å². The van der Waals surface area contributed by atoms with Gasteiger partial charge < -0.3 is 15.3 Å². The highest BCUT2D eigenvalue weighted by molar-refractivity contribution is 5.89. The molecule has 2 rings (SSSR count). The molecule has 1 aliphatic rings. The maximum atomic E-state index is 13.2. The molecule has 1 fully saturated rings. The Hall–Kier alpha value is -2.22. The van der Waals surface area contributed by atoms with Crippen LogP contribution in [0.2, 0.25) is 0 Å². The summed E-state index contributed by atoms with van der Waals surface area (Å²) in [7, 11) is 0. The molecule has 0 aliphatic carbocycles. The van der Waals surface area contributed by atoms with Crippen LogP contribution in [0.1, 0.15) is 39.0 Å². The molecular formula is C20H29F2N3O3. The fourth-order valence-electron chi connectivity index (χ4n) is 3.35. The minimum absolute atomic E-state index is 0.220.